The van der Waals surface area contributed by atoms with Crippen LogP contribution in [-0.4, -0.2) is 7.11 Å². The van der Waals surface area contributed by atoms with Gasteiger partial charge in [-0.15, -0.1) is 0 Å². The lowest BCUT2D eigenvalue weighted by Gasteiger charge is -2.33. The van der Waals surface area contributed by atoms with Gasteiger partial charge in [-0.25, -0.2) is 4.39 Å². The number of benzene rings is 3. The third-order valence-corrected chi connectivity index (χ3v) is 5.55. The van der Waals surface area contributed by atoms with Crippen LogP contribution in [0, 0.1) is 17.2 Å². The van der Waals surface area contributed by atoms with Crippen LogP contribution in [0.15, 0.2) is 66.7 Å². The summed E-state index contributed by atoms with van der Waals surface area (Å²) in [7, 11) is 1.60. The molecule has 3 aromatic carbocycles. The molecular formula is C29H35FO2. The number of halogens is 1. The van der Waals surface area contributed by atoms with Gasteiger partial charge in [0.1, 0.15) is 11.6 Å². The molecular weight excluding hydrogens is 399 g/mol. The predicted molar refractivity (Wildman–Crippen MR) is 130 cm³/mol. The molecule has 2 nitrogen and oxygen atoms in total. The predicted octanol–water partition coefficient (Wildman–Crippen LogP) is 8.00. The van der Waals surface area contributed by atoms with Crippen molar-refractivity contribution in [3.63, 3.8) is 0 Å². The van der Waals surface area contributed by atoms with E-state index in [0.29, 0.717) is 23.8 Å². The van der Waals surface area contributed by atoms with E-state index in [1.807, 2.05) is 24.3 Å². The molecule has 3 rings (SSSR count). The summed E-state index contributed by atoms with van der Waals surface area (Å²) in [4.78, 5) is 0. The van der Waals surface area contributed by atoms with E-state index in [4.69, 9.17) is 9.47 Å². The highest BCUT2D eigenvalue weighted by molar-refractivity contribution is 5.70. The second kappa shape index (κ2) is 10.3. The zero-order valence-electron chi connectivity index (χ0n) is 20.1. The minimum atomic E-state index is -0.264. The van der Waals surface area contributed by atoms with Gasteiger partial charge in [-0.3, -0.25) is 0 Å². The number of ether oxygens (including phenoxy) is 2. The van der Waals surface area contributed by atoms with Crippen molar-refractivity contribution >= 4 is 0 Å². The summed E-state index contributed by atoms with van der Waals surface area (Å²) in [6.07, 6.45) is 0.749. The molecule has 0 unspecified atom stereocenters. The van der Waals surface area contributed by atoms with Gasteiger partial charge < -0.3 is 9.47 Å². The molecule has 0 aliphatic rings. The third kappa shape index (κ3) is 5.98. The van der Waals surface area contributed by atoms with E-state index < -0.39 is 0 Å². The summed E-state index contributed by atoms with van der Waals surface area (Å²) in [5.74, 6) is 0.899. The second-order valence-corrected chi connectivity index (χ2v) is 9.91. The minimum absolute atomic E-state index is 0.185. The Bertz CT molecular complexity index is 1020. The van der Waals surface area contributed by atoms with Crippen molar-refractivity contribution in [1.82, 2.24) is 0 Å². The summed E-state index contributed by atoms with van der Waals surface area (Å²) < 4.78 is 26.9. The van der Waals surface area contributed by atoms with E-state index in [9.17, 15) is 4.39 Å². The van der Waals surface area contributed by atoms with E-state index in [1.165, 1.54) is 11.6 Å². The topological polar surface area (TPSA) is 18.5 Å². The summed E-state index contributed by atoms with van der Waals surface area (Å²) in [6.45, 7) is 11.4. The maximum atomic E-state index is 15.0. The number of hydrogen-bond acceptors (Lipinski definition) is 2. The van der Waals surface area contributed by atoms with Gasteiger partial charge >= 0.3 is 0 Å². The molecule has 1 atom stereocenters. The van der Waals surface area contributed by atoms with Gasteiger partial charge in [-0.1, -0.05) is 83.1 Å². The van der Waals surface area contributed by atoms with Gasteiger partial charge in [-0.2, -0.15) is 0 Å². The lowest BCUT2D eigenvalue weighted by atomic mass is 9.80. The first-order valence-electron chi connectivity index (χ1n) is 11.3. The maximum absolute atomic E-state index is 15.0. The van der Waals surface area contributed by atoms with Crippen LogP contribution in [-0.2, 0) is 17.8 Å². The SMILES string of the molecule is COc1ccc(F)c(-c2ccc(CC(C)C)cc2[C@@H](OCc2ccccc2)C(C)(C)C)c1. The van der Waals surface area contributed by atoms with Crippen LogP contribution in [0.3, 0.4) is 0 Å². The second-order valence-electron chi connectivity index (χ2n) is 9.91. The molecule has 0 aliphatic heterocycles. The first-order chi connectivity index (χ1) is 15.2. The molecule has 3 heteroatoms. The van der Waals surface area contributed by atoms with Crippen LogP contribution < -0.4 is 4.74 Å². The molecule has 0 bridgehead atoms. The smallest absolute Gasteiger partial charge is 0.131 e. The lowest BCUT2D eigenvalue weighted by Crippen LogP contribution is -2.22. The lowest BCUT2D eigenvalue weighted by molar-refractivity contribution is -0.0301. The van der Waals surface area contributed by atoms with Crippen molar-refractivity contribution in [2.75, 3.05) is 7.11 Å². The first-order valence-corrected chi connectivity index (χ1v) is 11.3. The largest absolute Gasteiger partial charge is 0.497 e. The Hall–Kier alpha value is -2.65. The number of hydrogen-bond donors (Lipinski definition) is 0. The third-order valence-electron chi connectivity index (χ3n) is 5.55. The first kappa shape index (κ1) is 24.0. The molecule has 0 saturated carbocycles. The van der Waals surface area contributed by atoms with Gasteiger partial charge in [0.15, 0.2) is 0 Å². The quantitative estimate of drug-likeness (QED) is 0.357. The Kier molecular flexibility index (Phi) is 7.73. The molecule has 0 saturated heterocycles. The molecule has 0 fully saturated rings. The van der Waals surface area contributed by atoms with Crippen LogP contribution in [0.25, 0.3) is 11.1 Å². The van der Waals surface area contributed by atoms with E-state index in [-0.39, 0.29) is 17.3 Å². The van der Waals surface area contributed by atoms with Gasteiger partial charge in [0.25, 0.3) is 0 Å². The van der Waals surface area contributed by atoms with Gasteiger partial charge in [0, 0.05) is 5.56 Å². The average molecular weight is 435 g/mol. The molecule has 0 amide bonds. The molecule has 0 radical (unpaired) electrons. The Morgan fingerprint density at radius 2 is 1.56 bits per heavy atom. The van der Waals surface area contributed by atoms with Crippen LogP contribution >= 0.6 is 0 Å². The van der Waals surface area contributed by atoms with Crippen LogP contribution in [0.2, 0.25) is 0 Å². The fourth-order valence-corrected chi connectivity index (χ4v) is 4.07. The van der Waals surface area contributed by atoms with Crippen molar-refractivity contribution in [3.05, 3.63) is 89.2 Å². The summed E-state index contributed by atoms with van der Waals surface area (Å²) in [6, 6.07) is 21.4. The summed E-state index contributed by atoms with van der Waals surface area (Å²) in [5.41, 5.74) is 4.57. The van der Waals surface area contributed by atoms with E-state index in [0.717, 1.165) is 23.1 Å². The van der Waals surface area contributed by atoms with Crippen molar-refractivity contribution in [3.8, 4) is 16.9 Å². The van der Waals surface area contributed by atoms with Crippen molar-refractivity contribution in [2.45, 2.75) is 53.8 Å². The summed E-state index contributed by atoms with van der Waals surface area (Å²) in [5, 5.41) is 0. The Morgan fingerprint density at radius 1 is 0.844 bits per heavy atom. The molecule has 170 valence electrons. The zero-order valence-corrected chi connectivity index (χ0v) is 20.1. The van der Waals surface area contributed by atoms with Gasteiger partial charge in [0.2, 0.25) is 0 Å². The van der Waals surface area contributed by atoms with E-state index in [2.05, 4.69) is 58.9 Å². The van der Waals surface area contributed by atoms with Crippen molar-refractivity contribution < 1.29 is 13.9 Å². The monoisotopic (exact) mass is 434 g/mol. The molecule has 0 aliphatic carbocycles. The standard InChI is InChI=1S/C29H35FO2/c1-20(2)16-22-12-14-24(25-18-23(31-6)13-15-27(25)30)26(17-22)28(29(3,4)5)32-19-21-10-8-7-9-11-21/h7-15,17-18,20,28H,16,19H2,1-6H3/t28-/m1/s1. The van der Waals surface area contributed by atoms with Gasteiger partial charge in [-0.05, 0) is 58.2 Å². The Labute approximate surface area is 192 Å². The maximum Gasteiger partial charge on any atom is 0.131 e. The molecule has 0 N–H and O–H groups in total. The highest BCUT2D eigenvalue weighted by atomic mass is 19.1. The van der Waals surface area contributed by atoms with Crippen LogP contribution in [0.1, 0.15) is 57.4 Å². The van der Waals surface area contributed by atoms with Crippen molar-refractivity contribution in [2.24, 2.45) is 11.3 Å². The van der Waals surface area contributed by atoms with Crippen LogP contribution in [0.4, 0.5) is 4.39 Å². The van der Waals surface area contributed by atoms with E-state index in [1.54, 1.807) is 19.2 Å². The molecule has 0 heterocycles. The fraction of sp³-hybridized carbons (Fsp3) is 0.379. The highest BCUT2D eigenvalue weighted by Crippen LogP contribution is 2.43. The molecule has 3 aromatic rings. The average Bonchev–Trinajstić information content (AvgIpc) is 2.74. The van der Waals surface area contributed by atoms with Crippen molar-refractivity contribution in [1.29, 1.82) is 0 Å². The van der Waals surface area contributed by atoms with Gasteiger partial charge in [0.05, 0.1) is 19.8 Å². The molecule has 0 aromatic heterocycles. The minimum Gasteiger partial charge on any atom is -0.497 e. The Balaban J connectivity index is 2.12. The number of methoxy groups -OCH3 is 1. The zero-order chi connectivity index (χ0) is 23.3. The molecule has 32 heavy (non-hydrogen) atoms. The summed E-state index contributed by atoms with van der Waals surface area (Å²) >= 11 is 0. The Morgan fingerprint density at radius 3 is 2.19 bits per heavy atom. The number of rotatable bonds is 8. The highest BCUT2D eigenvalue weighted by Gasteiger charge is 2.30. The molecule has 0 spiro atoms. The van der Waals surface area contributed by atoms with Crippen LogP contribution in [0.5, 0.6) is 5.75 Å². The van der Waals surface area contributed by atoms with E-state index >= 15 is 0 Å². The fourth-order valence-electron chi connectivity index (χ4n) is 4.07. The normalized spacial score (nSPS) is 12.8.